The van der Waals surface area contributed by atoms with Crippen molar-refractivity contribution in [2.45, 2.75) is 6.92 Å². The molecule has 0 bridgehead atoms. The molecule has 0 aliphatic rings. The fourth-order valence-corrected chi connectivity index (χ4v) is 1.58. The molecule has 4 nitrogen and oxygen atoms in total. The first kappa shape index (κ1) is 11.6. The van der Waals surface area contributed by atoms with Crippen molar-refractivity contribution in [3.63, 3.8) is 0 Å². The normalized spacial score (nSPS) is 10.5. The molecule has 0 radical (unpaired) electrons. The summed E-state index contributed by atoms with van der Waals surface area (Å²) >= 11 is 5.65. The third-order valence-electron chi connectivity index (χ3n) is 2.26. The largest absolute Gasteiger partial charge is 0.476 e. The zero-order valence-corrected chi connectivity index (χ0v) is 9.45. The lowest BCUT2D eigenvalue weighted by Gasteiger charge is -2.03. The number of aromatic carboxylic acids is 1. The van der Waals surface area contributed by atoms with E-state index in [1.54, 1.807) is 6.92 Å². The molecule has 2 aromatic rings. The smallest absolute Gasteiger partial charge is 0.358 e. The second kappa shape index (κ2) is 4.18. The van der Waals surface area contributed by atoms with Gasteiger partial charge in [-0.05, 0) is 24.6 Å². The number of aromatic nitrogens is 1. The summed E-state index contributed by atoms with van der Waals surface area (Å²) in [6.45, 7) is 1.66. The molecule has 0 fully saturated rings. The van der Waals surface area contributed by atoms with E-state index in [4.69, 9.17) is 21.2 Å². The van der Waals surface area contributed by atoms with Gasteiger partial charge in [-0.2, -0.15) is 0 Å². The lowest BCUT2D eigenvalue weighted by molar-refractivity contribution is 0.0686. The standard InChI is InChI=1S/C11H7ClFNO3/c1-5-2-8(13)7(12)3-6(5)10-4-9(11(15)16)14-17-10/h2-4H,1H3,(H,15,16). The van der Waals surface area contributed by atoms with Crippen molar-refractivity contribution in [2.75, 3.05) is 0 Å². The van der Waals surface area contributed by atoms with Gasteiger partial charge in [0.2, 0.25) is 0 Å². The maximum atomic E-state index is 13.1. The van der Waals surface area contributed by atoms with Crippen LogP contribution in [0.3, 0.4) is 0 Å². The van der Waals surface area contributed by atoms with Crippen molar-refractivity contribution in [3.05, 3.63) is 40.3 Å². The maximum Gasteiger partial charge on any atom is 0.358 e. The van der Waals surface area contributed by atoms with Gasteiger partial charge in [0, 0.05) is 11.6 Å². The third kappa shape index (κ3) is 2.14. The third-order valence-corrected chi connectivity index (χ3v) is 2.55. The monoisotopic (exact) mass is 255 g/mol. The van der Waals surface area contributed by atoms with Crippen LogP contribution in [0.25, 0.3) is 11.3 Å². The van der Waals surface area contributed by atoms with Gasteiger partial charge in [0.15, 0.2) is 11.5 Å². The second-order valence-corrected chi connectivity index (χ2v) is 3.87. The fraction of sp³-hybridized carbons (Fsp3) is 0.0909. The van der Waals surface area contributed by atoms with Crippen LogP contribution in [-0.2, 0) is 0 Å². The van der Waals surface area contributed by atoms with Gasteiger partial charge in [-0.15, -0.1) is 0 Å². The Morgan fingerprint density at radius 1 is 1.47 bits per heavy atom. The van der Waals surface area contributed by atoms with E-state index in [0.717, 1.165) is 0 Å². The number of benzene rings is 1. The van der Waals surface area contributed by atoms with Crippen LogP contribution in [-0.4, -0.2) is 16.2 Å². The zero-order chi connectivity index (χ0) is 12.6. The van der Waals surface area contributed by atoms with E-state index < -0.39 is 11.8 Å². The summed E-state index contributed by atoms with van der Waals surface area (Å²) in [5.41, 5.74) is 0.885. The number of halogens is 2. The van der Waals surface area contributed by atoms with Gasteiger partial charge < -0.3 is 9.63 Å². The minimum atomic E-state index is -1.19. The van der Waals surface area contributed by atoms with Gasteiger partial charge in [-0.3, -0.25) is 0 Å². The molecular formula is C11H7ClFNO3. The molecule has 0 atom stereocenters. The Kier molecular flexibility index (Phi) is 2.85. The molecule has 1 heterocycles. The Hall–Kier alpha value is -1.88. The highest BCUT2D eigenvalue weighted by Crippen LogP contribution is 2.29. The summed E-state index contributed by atoms with van der Waals surface area (Å²) in [5.74, 6) is -1.49. The number of hydrogen-bond acceptors (Lipinski definition) is 3. The highest BCUT2D eigenvalue weighted by molar-refractivity contribution is 6.31. The molecule has 0 saturated heterocycles. The fourth-order valence-electron chi connectivity index (χ4n) is 1.41. The molecule has 0 spiro atoms. The van der Waals surface area contributed by atoms with Crippen LogP contribution in [0, 0.1) is 12.7 Å². The summed E-state index contributed by atoms with van der Waals surface area (Å²) < 4.78 is 18.0. The number of aryl methyl sites for hydroxylation is 1. The van der Waals surface area contributed by atoms with Crippen LogP contribution in [0.1, 0.15) is 16.1 Å². The Morgan fingerprint density at radius 2 is 2.18 bits per heavy atom. The van der Waals surface area contributed by atoms with E-state index in [1.807, 2.05) is 0 Å². The number of carboxylic acid groups (broad SMARTS) is 1. The number of nitrogens with zero attached hydrogens (tertiary/aromatic N) is 1. The van der Waals surface area contributed by atoms with Gasteiger partial charge >= 0.3 is 5.97 Å². The van der Waals surface area contributed by atoms with E-state index in [-0.39, 0.29) is 16.5 Å². The van der Waals surface area contributed by atoms with Crippen molar-refractivity contribution in [1.82, 2.24) is 5.16 Å². The molecule has 0 aliphatic heterocycles. The molecule has 0 amide bonds. The molecule has 6 heteroatoms. The molecule has 88 valence electrons. The van der Waals surface area contributed by atoms with Crippen molar-refractivity contribution < 1.29 is 18.8 Å². The molecule has 0 saturated carbocycles. The molecule has 17 heavy (non-hydrogen) atoms. The predicted octanol–water partition coefficient (Wildman–Crippen LogP) is 3.14. The van der Waals surface area contributed by atoms with Gasteiger partial charge in [-0.25, -0.2) is 9.18 Å². The first-order chi connectivity index (χ1) is 7.99. The summed E-state index contributed by atoms with van der Waals surface area (Å²) in [4.78, 5) is 10.6. The van der Waals surface area contributed by atoms with E-state index in [1.165, 1.54) is 18.2 Å². The van der Waals surface area contributed by atoms with E-state index >= 15 is 0 Å². The van der Waals surface area contributed by atoms with Crippen LogP contribution in [0.4, 0.5) is 4.39 Å². The lowest BCUT2D eigenvalue weighted by Crippen LogP contribution is -1.94. The summed E-state index contributed by atoms with van der Waals surface area (Å²) in [5, 5.41) is 12.0. The number of hydrogen-bond donors (Lipinski definition) is 1. The zero-order valence-electron chi connectivity index (χ0n) is 8.70. The van der Waals surface area contributed by atoms with Crippen LogP contribution in [0.2, 0.25) is 5.02 Å². The van der Waals surface area contributed by atoms with Crippen LogP contribution in [0.15, 0.2) is 22.7 Å². The van der Waals surface area contributed by atoms with Gasteiger partial charge in [0.05, 0.1) is 5.02 Å². The number of rotatable bonds is 2. The Labute approximate surface area is 101 Å². The number of carbonyl (C=O) groups is 1. The highest BCUT2D eigenvalue weighted by Gasteiger charge is 2.15. The average Bonchev–Trinajstić information content (AvgIpc) is 2.72. The number of carboxylic acids is 1. The minimum absolute atomic E-state index is 0.0566. The first-order valence-corrected chi connectivity index (χ1v) is 5.03. The minimum Gasteiger partial charge on any atom is -0.476 e. The maximum absolute atomic E-state index is 13.1. The van der Waals surface area contributed by atoms with E-state index in [2.05, 4.69) is 5.16 Å². The molecule has 1 aromatic heterocycles. The molecule has 2 rings (SSSR count). The first-order valence-electron chi connectivity index (χ1n) is 4.65. The molecule has 1 N–H and O–H groups in total. The highest BCUT2D eigenvalue weighted by atomic mass is 35.5. The van der Waals surface area contributed by atoms with E-state index in [0.29, 0.717) is 11.1 Å². The summed E-state index contributed by atoms with van der Waals surface area (Å²) in [7, 11) is 0. The van der Waals surface area contributed by atoms with Gasteiger partial charge in [-0.1, -0.05) is 16.8 Å². The quantitative estimate of drug-likeness (QED) is 0.895. The van der Waals surface area contributed by atoms with Gasteiger partial charge in [0.25, 0.3) is 0 Å². The van der Waals surface area contributed by atoms with E-state index in [9.17, 15) is 9.18 Å². The van der Waals surface area contributed by atoms with Crippen LogP contribution in [0.5, 0.6) is 0 Å². The topological polar surface area (TPSA) is 63.3 Å². The summed E-state index contributed by atoms with van der Waals surface area (Å²) in [6, 6.07) is 3.89. The van der Waals surface area contributed by atoms with Crippen LogP contribution >= 0.6 is 11.6 Å². The van der Waals surface area contributed by atoms with Crippen molar-refractivity contribution in [1.29, 1.82) is 0 Å². The Bertz CT molecular complexity index is 594. The second-order valence-electron chi connectivity index (χ2n) is 3.46. The molecule has 0 unspecified atom stereocenters. The molecular weight excluding hydrogens is 249 g/mol. The Balaban J connectivity index is 2.52. The average molecular weight is 256 g/mol. The van der Waals surface area contributed by atoms with Crippen molar-refractivity contribution >= 4 is 17.6 Å². The summed E-state index contributed by atoms with van der Waals surface area (Å²) in [6.07, 6.45) is 0. The SMILES string of the molecule is Cc1cc(F)c(Cl)cc1-c1cc(C(=O)O)no1. The predicted molar refractivity (Wildman–Crippen MR) is 58.6 cm³/mol. The van der Waals surface area contributed by atoms with Crippen LogP contribution < -0.4 is 0 Å². The molecule has 1 aromatic carbocycles. The lowest BCUT2D eigenvalue weighted by atomic mass is 10.1. The van der Waals surface area contributed by atoms with Gasteiger partial charge in [0.1, 0.15) is 5.82 Å². The Morgan fingerprint density at radius 3 is 2.76 bits per heavy atom. The van der Waals surface area contributed by atoms with Crippen molar-refractivity contribution in [2.24, 2.45) is 0 Å². The molecule has 0 aliphatic carbocycles. The van der Waals surface area contributed by atoms with Crippen molar-refractivity contribution in [3.8, 4) is 11.3 Å².